The average molecular weight is 384 g/mol. The van der Waals surface area contributed by atoms with Crippen LogP contribution in [0.15, 0.2) is 18.2 Å². The first-order valence-corrected chi connectivity index (χ1v) is 8.86. The predicted molar refractivity (Wildman–Crippen MR) is 81.1 cm³/mol. The minimum absolute atomic E-state index is 0.0518. The molecule has 0 spiro atoms. The molecule has 0 radical (unpaired) electrons. The molecule has 24 heavy (non-hydrogen) atoms. The molecule has 0 heterocycles. The van der Waals surface area contributed by atoms with Crippen molar-refractivity contribution >= 4 is 27.4 Å². The van der Waals surface area contributed by atoms with Gasteiger partial charge in [-0.3, -0.25) is 0 Å². The van der Waals surface area contributed by atoms with Crippen LogP contribution in [0, 0.1) is 17.8 Å². The van der Waals surface area contributed by atoms with E-state index in [2.05, 4.69) is 15.1 Å². The van der Waals surface area contributed by atoms with E-state index in [4.69, 9.17) is 17.3 Å². The predicted octanol–water partition coefficient (Wildman–Crippen LogP) is 3.00. The summed E-state index contributed by atoms with van der Waals surface area (Å²) < 4.78 is 67.7. The van der Waals surface area contributed by atoms with Gasteiger partial charge in [-0.25, -0.2) is 0 Å². The van der Waals surface area contributed by atoms with Crippen LogP contribution >= 0.6 is 11.6 Å². The number of nitrogens with two attached hydrogens (primary N) is 1. The van der Waals surface area contributed by atoms with E-state index in [1.165, 1.54) is 6.07 Å². The van der Waals surface area contributed by atoms with Crippen LogP contribution < -0.4 is 5.73 Å². The SMILES string of the molecule is CS(=O)(=O)OO[C@@](C#CC1CC1)(c1cc(Cl)ccc1N)C(F)(F)F. The smallest absolute Gasteiger partial charge is 0.398 e. The van der Waals surface area contributed by atoms with Crippen molar-refractivity contribution in [1.29, 1.82) is 0 Å². The third-order valence-electron chi connectivity index (χ3n) is 3.11. The summed E-state index contributed by atoms with van der Waals surface area (Å²) >= 11 is 5.75. The molecule has 0 unspecified atom stereocenters. The summed E-state index contributed by atoms with van der Waals surface area (Å²) in [4.78, 5) is 4.33. The van der Waals surface area contributed by atoms with E-state index in [9.17, 15) is 21.6 Å². The Kier molecular flexibility index (Phi) is 5.06. The summed E-state index contributed by atoms with van der Waals surface area (Å²) in [6, 6.07) is 3.34. The number of anilines is 1. The topological polar surface area (TPSA) is 78.6 Å². The van der Waals surface area contributed by atoms with E-state index in [0.717, 1.165) is 12.1 Å². The normalized spacial score (nSPS) is 17.7. The average Bonchev–Trinajstić information content (AvgIpc) is 3.24. The molecule has 10 heteroatoms. The van der Waals surface area contributed by atoms with Gasteiger partial charge in [0.25, 0.3) is 15.7 Å². The maximum atomic E-state index is 13.8. The van der Waals surface area contributed by atoms with Gasteiger partial charge in [-0.05, 0) is 37.0 Å². The van der Waals surface area contributed by atoms with E-state index in [1.807, 2.05) is 5.92 Å². The second kappa shape index (κ2) is 6.44. The molecule has 1 aromatic carbocycles. The second-order valence-electron chi connectivity index (χ2n) is 5.31. The molecule has 0 aromatic heterocycles. The molecule has 1 saturated carbocycles. The molecule has 5 nitrogen and oxygen atoms in total. The Labute approximate surface area is 141 Å². The van der Waals surface area contributed by atoms with Crippen LogP contribution in [0.25, 0.3) is 0 Å². The lowest BCUT2D eigenvalue weighted by molar-refractivity contribution is -0.364. The van der Waals surface area contributed by atoms with Crippen molar-refractivity contribution in [2.24, 2.45) is 5.92 Å². The van der Waals surface area contributed by atoms with Crippen molar-refractivity contribution in [2.45, 2.75) is 24.6 Å². The van der Waals surface area contributed by atoms with Crippen LogP contribution in [0.4, 0.5) is 18.9 Å². The molecule has 0 amide bonds. The van der Waals surface area contributed by atoms with Crippen molar-refractivity contribution in [2.75, 3.05) is 12.0 Å². The zero-order valence-electron chi connectivity index (χ0n) is 12.4. The fourth-order valence-electron chi connectivity index (χ4n) is 1.78. The van der Waals surface area contributed by atoms with E-state index in [-0.39, 0.29) is 16.6 Å². The van der Waals surface area contributed by atoms with E-state index in [1.54, 1.807) is 0 Å². The summed E-state index contributed by atoms with van der Waals surface area (Å²) in [6.45, 7) is 0. The fourth-order valence-corrected chi connectivity index (χ4v) is 2.18. The number of nitrogen functional groups attached to an aromatic ring is 1. The lowest BCUT2D eigenvalue weighted by Crippen LogP contribution is -2.45. The quantitative estimate of drug-likeness (QED) is 0.374. The molecule has 1 aliphatic carbocycles. The Morgan fingerprint density at radius 3 is 2.46 bits per heavy atom. The Morgan fingerprint density at radius 2 is 1.96 bits per heavy atom. The summed E-state index contributed by atoms with van der Waals surface area (Å²) in [6.07, 6.45) is -3.29. The van der Waals surface area contributed by atoms with E-state index >= 15 is 0 Å². The van der Waals surface area contributed by atoms with Crippen molar-refractivity contribution in [3.05, 3.63) is 28.8 Å². The maximum Gasteiger partial charge on any atom is 0.436 e. The van der Waals surface area contributed by atoms with Gasteiger partial charge in [-0.15, -0.1) is 4.33 Å². The lowest BCUT2D eigenvalue weighted by atomic mass is 9.91. The van der Waals surface area contributed by atoms with Crippen molar-refractivity contribution in [3.8, 4) is 11.8 Å². The Morgan fingerprint density at radius 1 is 1.33 bits per heavy atom. The number of hydrogen-bond donors (Lipinski definition) is 1. The number of alkyl halides is 3. The third kappa shape index (κ3) is 4.33. The van der Waals surface area contributed by atoms with Gasteiger partial charge < -0.3 is 5.73 Å². The minimum atomic E-state index is -5.14. The van der Waals surface area contributed by atoms with Gasteiger partial charge in [-0.1, -0.05) is 17.5 Å². The summed E-state index contributed by atoms with van der Waals surface area (Å²) in [5.41, 5.74) is 1.28. The maximum absolute atomic E-state index is 13.8. The first-order chi connectivity index (χ1) is 10.9. The highest BCUT2D eigenvalue weighted by Gasteiger charge is 2.60. The molecule has 1 aromatic rings. The second-order valence-corrected chi connectivity index (χ2v) is 7.29. The Hall–Kier alpha value is -1.47. The summed E-state index contributed by atoms with van der Waals surface area (Å²) in [5.74, 6) is 4.17. The minimum Gasteiger partial charge on any atom is -0.398 e. The monoisotopic (exact) mass is 383 g/mol. The van der Waals surface area contributed by atoms with Crippen molar-refractivity contribution in [1.82, 2.24) is 0 Å². The number of rotatable bonds is 4. The lowest BCUT2D eigenvalue weighted by Gasteiger charge is -2.30. The highest BCUT2D eigenvalue weighted by molar-refractivity contribution is 7.85. The van der Waals surface area contributed by atoms with Crippen LogP contribution in [0.1, 0.15) is 18.4 Å². The van der Waals surface area contributed by atoms with Crippen molar-refractivity contribution < 1.29 is 30.8 Å². The molecule has 1 atom stereocenters. The molecule has 1 fully saturated rings. The fraction of sp³-hybridized carbons (Fsp3) is 0.429. The number of hydrogen-bond acceptors (Lipinski definition) is 5. The van der Waals surface area contributed by atoms with Crippen LogP contribution in [-0.2, 0) is 24.9 Å². The third-order valence-corrected chi connectivity index (χ3v) is 3.66. The molecular weight excluding hydrogens is 371 g/mol. The van der Waals surface area contributed by atoms with Gasteiger partial charge in [0.05, 0.1) is 6.26 Å². The molecular formula is C14H13ClF3NO4S. The van der Waals surface area contributed by atoms with Crippen LogP contribution in [-0.4, -0.2) is 20.8 Å². The van der Waals surface area contributed by atoms with Crippen LogP contribution in [0.3, 0.4) is 0 Å². The molecule has 0 aliphatic heterocycles. The highest BCUT2D eigenvalue weighted by atomic mass is 35.5. The van der Waals surface area contributed by atoms with E-state index < -0.39 is 27.5 Å². The molecule has 2 rings (SSSR count). The first-order valence-electron chi connectivity index (χ1n) is 6.67. The molecule has 132 valence electrons. The van der Waals surface area contributed by atoms with Crippen molar-refractivity contribution in [3.63, 3.8) is 0 Å². The largest absolute Gasteiger partial charge is 0.436 e. The molecule has 1 aliphatic rings. The van der Waals surface area contributed by atoms with Gasteiger partial charge in [0, 0.05) is 22.2 Å². The molecule has 0 bridgehead atoms. The molecule has 0 saturated heterocycles. The highest BCUT2D eigenvalue weighted by Crippen LogP contribution is 2.45. The van der Waals surface area contributed by atoms with Gasteiger partial charge in [-0.2, -0.15) is 26.5 Å². The van der Waals surface area contributed by atoms with Crippen LogP contribution in [0.5, 0.6) is 0 Å². The summed E-state index contributed by atoms with van der Waals surface area (Å²) in [5, 5.41) is -0.0518. The molecule has 2 N–H and O–H groups in total. The van der Waals surface area contributed by atoms with Gasteiger partial charge >= 0.3 is 6.18 Å². The number of benzene rings is 1. The zero-order valence-corrected chi connectivity index (χ0v) is 13.9. The Balaban J connectivity index is 2.64. The first kappa shape index (κ1) is 18.9. The van der Waals surface area contributed by atoms with Crippen LogP contribution in [0.2, 0.25) is 5.02 Å². The standard InChI is InChI=1S/C14H13ClF3NO4S/c1-24(20,21)23-22-13(14(16,17)18,7-6-9-2-3-9)11-8-10(15)4-5-12(11)19/h4-5,8-9H,2-3,19H2,1H3/t13-/m0/s1. The Bertz CT molecular complexity index is 796. The van der Waals surface area contributed by atoms with E-state index in [0.29, 0.717) is 19.1 Å². The van der Waals surface area contributed by atoms with Gasteiger partial charge in [0.15, 0.2) is 0 Å². The number of halogens is 4. The van der Waals surface area contributed by atoms with Gasteiger partial charge in [0.1, 0.15) is 0 Å². The summed E-state index contributed by atoms with van der Waals surface area (Å²) in [7, 11) is -4.34. The zero-order chi connectivity index (χ0) is 18.2. The van der Waals surface area contributed by atoms with Gasteiger partial charge in [0.2, 0.25) is 0 Å².